The standard InChI is InChI=1S/C26H32N2O4S/c1-4-5-6-10-15-31-21-14-13-20(16-22(21)30-3)24-23(18(2)27-26(33)28-24)25(29)32-17-19-11-8-7-9-12-19/h7-9,11-14,16,24H,4-6,10,15,17H2,1-3H3,(H2,27,28,33)/t24-/m1/s1. The van der Waals surface area contributed by atoms with Gasteiger partial charge in [0.25, 0.3) is 0 Å². The van der Waals surface area contributed by atoms with Crippen LogP contribution in [0.15, 0.2) is 59.8 Å². The molecule has 0 amide bonds. The number of carbonyl (C=O) groups excluding carboxylic acids is 1. The molecule has 0 saturated heterocycles. The summed E-state index contributed by atoms with van der Waals surface area (Å²) in [5.41, 5.74) is 2.90. The fourth-order valence-electron chi connectivity index (χ4n) is 3.71. The van der Waals surface area contributed by atoms with Crippen LogP contribution in [0.25, 0.3) is 0 Å². The summed E-state index contributed by atoms with van der Waals surface area (Å²) in [5, 5.41) is 6.68. The molecule has 1 heterocycles. The molecule has 0 unspecified atom stereocenters. The predicted octanol–water partition coefficient (Wildman–Crippen LogP) is 5.19. The van der Waals surface area contributed by atoms with Gasteiger partial charge in [-0.1, -0.05) is 62.6 Å². The number of thiocarbonyl (C=S) groups is 1. The summed E-state index contributed by atoms with van der Waals surface area (Å²) in [6.45, 7) is 4.85. The molecule has 2 aromatic rings. The molecule has 3 rings (SSSR count). The van der Waals surface area contributed by atoms with Crippen LogP contribution >= 0.6 is 12.2 Å². The maximum atomic E-state index is 13.1. The van der Waals surface area contributed by atoms with E-state index in [0.29, 0.717) is 34.5 Å². The van der Waals surface area contributed by atoms with E-state index in [1.165, 1.54) is 12.8 Å². The second-order valence-electron chi connectivity index (χ2n) is 7.95. The number of allylic oxidation sites excluding steroid dienone is 1. The molecule has 0 aliphatic carbocycles. The van der Waals surface area contributed by atoms with Crippen LogP contribution in [0.2, 0.25) is 0 Å². The lowest BCUT2D eigenvalue weighted by molar-refractivity contribution is -0.140. The van der Waals surface area contributed by atoms with E-state index in [1.807, 2.05) is 55.5 Å². The first-order chi connectivity index (χ1) is 16.0. The van der Waals surface area contributed by atoms with E-state index in [1.54, 1.807) is 7.11 Å². The third-order valence-electron chi connectivity index (χ3n) is 5.48. The quantitative estimate of drug-likeness (QED) is 0.267. The van der Waals surface area contributed by atoms with Gasteiger partial charge >= 0.3 is 5.97 Å². The van der Waals surface area contributed by atoms with Gasteiger partial charge in [0.05, 0.1) is 25.3 Å². The predicted molar refractivity (Wildman–Crippen MR) is 133 cm³/mol. The van der Waals surface area contributed by atoms with Crippen LogP contribution in [0.5, 0.6) is 11.5 Å². The van der Waals surface area contributed by atoms with E-state index in [-0.39, 0.29) is 6.61 Å². The normalized spacial score (nSPS) is 15.5. The molecule has 0 radical (unpaired) electrons. The summed E-state index contributed by atoms with van der Waals surface area (Å²) in [6.07, 6.45) is 4.54. The zero-order valence-electron chi connectivity index (χ0n) is 19.5. The number of nitrogens with one attached hydrogen (secondary N) is 2. The molecular formula is C26H32N2O4S. The molecule has 0 bridgehead atoms. The van der Waals surface area contributed by atoms with Gasteiger partial charge in [0.2, 0.25) is 0 Å². The summed E-state index contributed by atoms with van der Waals surface area (Å²) in [7, 11) is 1.61. The van der Waals surface area contributed by atoms with Gasteiger partial charge in [-0.25, -0.2) is 4.79 Å². The fraction of sp³-hybridized carbons (Fsp3) is 0.385. The number of methoxy groups -OCH3 is 1. The first-order valence-corrected chi connectivity index (χ1v) is 11.7. The van der Waals surface area contributed by atoms with Gasteiger partial charge in [-0.2, -0.15) is 0 Å². The van der Waals surface area contributed by atoms with Crippen molar-refractivity contribution in [3.63, 3.8) is 0 Å². The van der Waals surface area contributed by atoms with Crippen LogP contribution in [-0.2, 0) is 16.1 Å². The average Bonchev–Trinajstić information content (AvgIpc) is 2.82. The summed E-state index contributed by atoms with van der Waals surface area (Å²) in [4.78, 5) is 13.1. The lowest BCUT2D eigenvalue weighted by Gasteiger charge is -2.30. The molecular weight excluding hydrogens is 436 g/mol. The van der Waals surface area contributed by atoms with Crippen molar-refractivity contribution in [2.75, 3.05) is 13.7 Å². The Labute approximate surface area is 201 Å². The number of hydrogen-bond acceptors (Lipinski definition) is 5. The van der Waals surface area contributed by atoms with Crippen LogP contribution in [0, 0.1) is 0 Å². The average molecular weight is 469 g/mol. The number of carbonyl (C=O) groups is 1. The van der Waals surface area contributed by atoms with Gasteiger partial charge < -0.3 is 24.8 Å². The molecule has 0 saturated carbocycles. The zero-order chi connectivity index (χ0) is 23.6. The van der Waals surface area contributed by atoms with Gasteiger partial charge in [-0.15, -0.1) is 0 Å². The number of ether oxygens (including phenoxy) is 3. The van der Waals surface area contributed by atoms with E-state index >= 15 is 0 Å². The van der Waals surface area contributed by atoms with Crippen molar-refractivity contribution in [2.24, 2.45) is 0 Å². The Hall–Kier alpha value is -3.06. The van der Waals surface area contributed by atoms with Gasteiger partial charge in [0.1, 0.15) is 6.61 Å². The molecule has 2 aromatic carbocycles. The molecule has 0 spiro atoms. The van der Waals surface area contributed by atoms with Crippen molar-refractivity contribution in [1.29, 1.82) is 0 Å². The number of unbranched alkanes of at least 4 members (excludes halogenated alkanes) is 3. The van der Waals surface area contributed by atoms with Gasteiger partial charge in [0.15, 0.2) is 16.6 Å². The molecule has 1 aliphatic heterocycles. The first kappa shape index (κ1) is 24.6. The van der Waals surface area contributed by atoms with E-state index < -0.39 is 12.0 Å². The van der Waals surface area contributed by atoms with E-state index in [2.05, 4.69) is 17.6 Å². The lowest BCUT2D eigenvalue weighted by Crippen LogP contribution is -2.45. The topological polar surface area (TPSA) is 68.8 Å². The molecule has 7 heteroatoms. The molecule has 0 fully saturated rings. The monoisotopic (exact) mass is 468 g/mol. The smallest absolute Gasteiger partial charge is 0.338 e. The number of rotatable bonds is 11. The summed E-state index contributed by atoms with van der Waals surface area (Å²) in [6, 6.07) is 14.8. The first-order valence-electron chi connectivity index (χ1n) is 11.3. The molecule has 6 nitrogen and oxygen atoms in total. The van der Waals surface area contributed by atoms with Crippen LogP contribution < -0.4 is 20.1 Å². The molecule has 2 N–H and O–H groups in total. The maximum Gasteiger partial charge on any atom is 0.338 e. The number of hydrogen-bond donors (Lipinski definition) is 2. The lowest BCUT2D eigenvalue weighted by atomic mass is 9.95. The summed E-state index contributed by atoms with van der Waals surface area (Å²) >= 11 is 5.36. The van der Waals surface area contributed by atoms with Gasteiger partial charge in [-0.3, -0.25) is 0 Å². The third-order valence-corrected chi connectivity index (χ3v) is 5.70. The Morgan fingerprint density at radius 1 is 1.06 bits per heavy atom. The van der Waals surface area contributed by atoms with Crippen molar-refractivity contribution in [3.8, 4) is 11.5 Å². The Morgan fingerprint density at radius 2 is 1.85 bits per heavy atom. The second-order valence-corrected chi connectivity index (χ2v) is 8.36. The largest absolute Gasteiger partial charge is 0.493 e. The highest BCUT2D eigenvalue weighted by molar-refractivity contribution is 7.80. The van der Waals surface area contributed by atoms with Crippen molar-refractivity contribution >= 4 is 23.3 Å². The maximum absolute atomic E-state index is 13.1. The van der Waals surface area contributed by atoms with Gasteiger partial charge in [-0.05, 0) is 48.8 Å². The van der Waals surface area contributed by atoms with Crippen LogP contribution in [0.4, 0.5) is 0 Å². The zero-order valence-corrected chi connectivity index (χ0v) is 20.3. The summed E-state index contributed by atoms with van der Waals surface area (Å²) < 4.78 is 17.1. The minimum absolute atomic E-state index is 0.196. The van der Waals surface area contributed by atoms with Gasteiger partial charge in [0, 0.05) is 5.70 Å². The van der Waals surface area contributed by atoms with Crippen LogP contribution in [0.1, 0.15) is 56.7 Å². The van der Waals surface area contributed by atoms with E-state index in [0.717, 1.165) is 24.0 Å². The number of benzene rings is 2. The molecule has 33 heavy (non-hydrogen) atoms. The SMILES string of the molecule is CCCCCCOc1ccc([C@H]2NC(=S)NC(C)=C2C(=O)OCc2ccccc2)cc1OC. The Balaban J connectivity index is 1.77. The van der Waals surface area contributed by atoms with Crippen LogP contribution in [-0.4, -0.2) is 24.8 Å². The van der Waals surface area contributed by atoms with Crippen molar-refractivity contribution in [3.05, 3.63) is 70.9 Å². The Bertz CT molecular complexity index is 991. The minimum Gasteiger partial charge on any atom is -0.493 e. The molecule has 176 valence electrons. The van der Waals surface area contributed by atoms with Crippen LogP contribution in [0.3, 0.4) is 0 Å². The Kier molecular flexibility index (Phi) is 9.13. The molecule has 1 aliphatic rings. The van der Waals surface area contributed by atoms with Crippen molar-refractivity contribution in [2.45, 2.75) is 52.2 Å². The third kappa shape index (κ3) is 6.71. The molecule has 1 atom stereocenters. The second kappa shape index (κ2) is 12.3. The fourth-order valence-corrected chi connectivity index (χ4v) is 3.98. The summed E-state index contributed by atoms with van der Waals surface area (Å²) in [5.74, 6) is 0.895. The highest BCUT2D eigenvalue weighted by Gasteiger charge is 2.31. The molecule has 0 aromatic heterocycles. The van der Waals surface area contributed by atoms with E-state index in [4.69, 9.17) is 26.4 Å². The van der Waals surface area contributed by atoms with Crippen molar-refractivity contribution < 1.29 is 19.0 Å². The minimum atomic E-state index is -0.463. The van der Waals surface area contributed by atoms with Crippen molar-refractivity contribution in [1.82, 2.24) is 10.6 Å². The Morgan fingerprint density at radius 3 is 2.58 bits per heavy atom. The van der Waals surface area contributed by atoms with E-state index in [9.17, 15) is 4.79 Å². The highest BCUT2D eigenvalue weighted by atomic mass is 32.1. The highest BCUT2D eigenvalue weighted by Crippen LogP contribution is 2.34. The number of esters is 1.